The molecule has 3 aromatic carbocycles. The van der Waals surface area contributed by atoms with Crippen LogP contribution in [0.3, 0.4) is 0 Å². The van der Waals surface area contributed by atoms with E-state index in [-0.39, 0.29) is 25.2 Å². The standard InChI is InChI=1S/C34H38N3O8P/c38-26-14-12-23(13-15-26)18-30(37-33(42)45-21-24-8-2-1-3-9-24)46(43,44)22-34(16-6-7-17-34)32(41)36-29(31(39)40)19-25-20-35-28-11-5-4-10-27(25)28/h1-5,8-15,20,29-30,35,38H,6-7,16-19,21-22H2,(H,36,41)(H,37,42)(H,39,40)(H,43,44)/t29-,30+/m0/s1. The van der Waals surface area contributed by atoms with Gasteiger partial charge in [0.2, 0.25) is 13.3 Å². The molecule has 0 radical (unpaired) electrons. The van der Waals surface area contributed by atoms with E-state index < -0.39 is 48.7 Å². The van der Waals surface area contributed by atoms with Crippen molar-refractivity contribution < 1.29 is 38.8 Å². The number of carboxylic acid groups (broad SMARTS) is 1. The molecule has 1 fully saturated rings. The Morgan fingerprint density at radius 3 is 2.26 bits per heavy atom. The van der Waals surface area contributed by atoms with Crippen LogP contribution in [-0.4, -0.2) is 56.0 Å². The molecule has 0 saturated heterocycles. The molecule has 1 aliphatic carbocycles. The summed E-state index contributed by atoms with van der Waals surface area (Å²) in [5, 5.41) is 25.9. The van der Waals surface area contributed by atoms with E-state index in [1.807, 2.05) is 30.3 Å². The Bertz CT molecular complexity index is 1720. The van der Waals surface area contributed by atoms with Gasteiger partial charge in [-0.25, -0.2) is 9.59 Å². The van der Waals surface area contributed by atoms with Crippen molar-refractivity contribution in [3.8, 4) is 5.75 Å². The normalized spacial score (nSPS) is 16.6. The highest BCUT2D eigenvalue weighted by molar-refractivity contribution is 7.58. The lowest BCUT2D eigenvalue weighted by atomic mass is 9.87. The van der Waals surface area contributed by atoms with E-state index in [0.717, 1.165) is 22.0 Å². The lowest BCUT2D eigenvalue weighted by Gasteiger charge is -2.34. The minimum absolute atomic E-state index is 0.0184. The van der Waals surface area contributed by atoms with Crippen molar-refractivity contribution in [1.29, 1.82) is 0 Å². The molecule has 3 atom stereocenters. The Morgan fingerprint density at radius 2 is 1.57 bits per heavy atom. The topological polar surface area (TPSA) is 178 Å². The van der Waals surface area contributed by atoms with Crippen LogP contribution in [0.5, 0.6) is 5.75 Å². The number of carboxylic acids is 1. The number of aliphatic carboxylic acids is 1. The van der Waals surface area contributed by atoms with E-state index in [4.69, 9.17) is 4.74 Å². The third-order valence-electron chi connectivity index (χ3n) is 8.62. The molecule has 0 aliphatic heterocycles. The maximum Gasteiger partial charge on any atom is 0.408 e. The molecule has 1 aromatic heterocycles. The average molecular weight is 648 g/mol. The molecule has 2 amide bonds. The molecule has 11 nitrogen and oxygen atoms in total. The third-order valence-corrected chi connectivity index (χ3v) is 11.0. The lowest BCUT2D eigenvalue weighted by molar-refractivity contribution is -0.143. The van der Waals surface area contributed by atoms with E-state index in [2.05, 4.69) is 15.6 Å². The number of alkyl carbamates (subject to hydrolysis) is 1. The Morgan fingerprint density at radius 1 is 0.891 bits per heavy atom. The first-order valence-corrected chi connectivity index (χ1v) is 17.1. The number of carbonyl (C=O) groups is 3. The van der Waals surface area contributed by atoms with Crippen molar-refractivity contribution in [3.63, 3.8) is 0 Å². The van der Waals surface area contributed by atoms with E-state index >= 15 is 0 Å². The summed E-state index contributed by atoms with van der Waals surface area (Å²) in [4.78, 5) is 53.8. The number of para-hydroxylation sites is 1. The molecule has 0 bridgehead atoms. The Hall–Kier alpha value is -4.60. The van der Waals surface area contributed by atoms with Crippen molar-refractivity contribution in [1.82, 2.24) is 15.6 Å². The van der Waals surface area contributed by atoms with Gasteiger partial charge in [-0.2, -0.15) is 0 Å². The number of nitrogens with one attached hydrogen (secondary N) is 3. The SMILES string of the molecule is O=C(N[C@@H](Cc1ccc(O)cc1)[P@@](=O)(O)CC1(C(=O)N[C@@H](Cc2c[nH]c3ccccc23)C(=O)O)CCCC1)OCc1ccccc1. The first-order valence-electron chi connectivity index (χ1n) is 15.2. The van der Waals surface area contributed by atoms with Gasteiger partial charge >= 0.3 is 12.1 Å². The van der Waals surface area contributed by atoms with Crippen molar-refractivity contribution in [2.45, 2.75) is 57.0 Å². The monoisotopic (exact) mass is 647 g/mol. The molecule has 0 spiro atoms. The third kappa shape index (κ3) is 7.97. The smallest absolute Gasteiger partial charge is 0.408 e. The first-order chi connectivity index (χ1) is 22.0. The number of fused-ring (bicyclic) bond motifs is 1. The minimum atomic E-state index is -4.34. The number of aromatic hydroxyl groups is 1. The van der Waals surface area contributed by atoms with Gasteiger partial charge in [-0.1, -0.05) is 73.5 Å². The molecule has 0 unspecified atom stereocenters. The van der Waals surface area contributed by atoms with Crippen LogP contribution in [0.1, 0.15) is 42.4 Å². The number of aromatic nitrogens is 1. The summed E-state index contributed by atoms with van der Waals surface area (Å²) in [6.45, 7) is -0.0479. The van der Waals surface area contributed by atoms with Gasteiger partial charge in [0, 0.05) is 36.1 Å². The molecule has 1 saturated carbocycles. The van der Waals surface area contributed by atoms with Crippen molar-refractivity contribution in [2.24, 2.45) is 5.41 Å². The number of benzene rings is 3. The highest BCUT2D eigenvalue weighted by Crippen LogP contribution is 2.55. The van der Waals surface area contributed by atoms with Crippen molar-refractivity contribution in [2.75, 3.05) is 6.16 Å². The van der Waals surface area contributed by atoms with Crippen molar-refractivity contribution in [3.05, 3.63) is 102 Å². The molecule has 4 aromatic rings. The minimum Gasteiger partial charge on any atom is -0.508 e. The second-order valence-corrected chi connectivity index (χ2v) is 14.4. The van der Waals surface area contributed by atoms with Crippen molar-refractivity contribution >= 4 is 36.2 Å². The van der Waals surface area contributed by atoms with Gasteiger partial charge in [0.25, 0.3) is 0 Å². The van der Waals surface area contributed by atoms with Gasteiger partial charge < -0.3 is 35.5 Å². The molecular formula is C34H38N3O8P. The number of hydrogen-bond acceptors (Lipinski definition) is 6. The summed E-state index contributed by atoms with van der Waals surface area (Å²) in [7, 11) is -4.34. The van der Waals surface area contributed by atoms with Gasteiger partial charge in [-0.15, -0.1) is 0 Å². The summed E-state index contributed by atoms with van der Waals surface area (Å²) >= 11 is 0. The Kier molecular flexibility index (Phi) is 10.1. The Balaban J connectivity index is 1.34. The maximum atomic E-state index is 14.2. The lowest BCUT2D eigenvalue weighted by Crippen LogP contribution is -2.50. The fraction of sp³-hybridized carbons (Fsp3) is 0.324. The molecular weight excluding hydrogens is 609 g/mol. The second-order valence-electron chi connectivity index (χ2n) is 11.9. The fourth-order valence-corrected chi connectivity index (χ4v) is 8.49. The number of ether oxygens (including phenoxy) is 1. The van der Waals surface area contributed by atoms with Crippen LogP contribution in [-0.2, 0) is 38.3 Å². The van der Waals surface area contributed by atoms with Crippen LogP contribution in [0.25, 0.3) is 10.9 Å². The Labute approximate surface area is 266 Å². The van der Waals surface area contributed by atoms with Gasteiger partial charge in [-0.05, 0) is 47.7 Å². The second kappa shape index (κ2) is 14.2. The number of rotatable bonds is 13. The summed E-state index contributed by atoms with van der Waals surface area (Å²) in [6.07, 6.45) is 2.19. The van der Waals surface area contributed by atoms with Crippen LogP contribution in [0.2, 0.25) is 0 Å². The zero-order valence-electron chi connectivity index (χ0n) is 25.2. The molecule has 1 heterocycles. The van der Waals surface area contributed by atoms with Gasteiger partial charge in [0.05, 0.1) is 5.41 Å². The maximum absolute atomic E-state index is 14.2. The molecule has 242 valence electrons. The quantitative estimate of drug-likeness (QED) is 0.106. The van der Waals surface area contributed by atoms with E-state index in [1.165, 1.54) is 12.1 Å². The molecule has 12 heteroatoms. The van der Waals surface area contributed by atoms with E-state index in [1.54, 1.807) is 42.6 Å². The summed E-state index contributed by atoms with van der Waals surface area (Å²) in [6, 6.07) is 21.2. The van der Waals surface area contributed by atoms with Gasteiger partial charge in [-0.3, -0.25) is 9.36 Å². The van der Waals surface area contributed by atoms with E-state index in [9.17, 15) is 34.1 Å². The molecule has 1 aliphatic rings. The zero-order chi connectivity index (χ0) is 32.7. The van der Waals surface area contributed by atoms with Gasteiger partial charge in [0.15, 0.2) is 0 Å². The molecule has 46 heavy (non-hydrogen) atoms. The average Bonchev–Trinajstić information content (AvgIpc) is 3.68. The predicted octanol–water partition coefficient (Wildman–Crippen LogP) is 5.31. The van der Waals surface area contributed by atoms with E-state index in [0.29, 0.717) is 31.2 Å². The zero-order valence-corrected chi connectivity index (χ0v) is 26.1. The van der Waals surface area contributed by atoms with Crippen LogP contribution in [0.4, 0.5) is 4.79 Å². The van der Waals surface area contributed by atoms with Crippen LogP contribution in [0, 0.1) is 5.41 Å². The number of phenols is 1. The number of carbonyl (C=O) groups excluding carboxylic acids is 2. The largest absolute Gasteiger partial charge is 0.508 e. The molecule has 6 N–H and O–H groups in total. The number of aromatic amines is 1. The number of phenolic OH excluding ortho intramolecular Hbond substituents is 1. The number of H-pyrrole nitrogens is 1. The molecule has 5 rings (SSSR count). The van der Waals surface area contributed by atoms with Crippen LogP contribution < -0.4 is 10.6 Å². The summed E-state index contributed by atoms with van der Waals surface area (Å²) in [5.74, 6) is -3.11. The first kappa shape index (κ1) is 32.8. The fourth-order valence-electron chi connectivity index (χ4n) is 6.14. The summed E-state index contributed by atoms with van der Waals surface area (Å²) in [5.41, 5.74) is 1.58. The highest BCUT2D eigenvalue weighted by Gasteiger charge is 2.49. The van der Waals surface area contributed by atoms with Gasteiger partial charge in [0.1, 0.15) is 24.2 Å². The number of hydrogen-bond donors (Lipinski definition) is 6. The number of amides is 2. The van der Waals surface area contributed by atoms with Crippen LogP contribution in [0.15, 0.2) is 85.1 Å². The highest BCUT2D eigenvalue weighted by atomic mass is 31.2. The predicted molar refractivity (Wildman–Crippen MR) is 173 cm³/mol. The summed E-state index contributed by atoms with van der Waals surface area (Å²) < 4.78 is 19.6. The van der Waals surface area contributed by atoms with Crippen LogP contribution >= 0.6 is 7.37 Å².